The number of ether oxygens (including phenoxy) is 1. The van der Waals surface area contributed by atoms with Crippen LogP contribution in [-0.2, 0) is 11.3 Å². The molecular formula is C19H20ClNO3S. The number of carbonyl (C=O) groups is 2. The zero-order chi connectivity index (χ0) is 18.2. The van der Waals surface area contributed by atoms with E-state index >= 15 is 0 Å². The summed E-state index contributed by atoms with van der Waals surface area (Å²) in [6, 6.07) is 10.5. The topological polar surface area (TPSA) is 46.6 Å². The smallest absolute Gasteiger partial charge is 0.261 e. The van der Waals surface area contributed by atoms with Crippen LogP contribution < -0.4 is 4.74 Å². The van der Waals surface area contributed by atoms with E-state index in [1.807, 2.05) is 19.1 Å². The van der Waals surface area contributed by atoms with Gasteiger partial charge in [-0.05, 0) is 36.4 Å². The van der Waals surface area contributed by atoms with E-state index in [1.165, 1.54) is 11.3 Å². The number of Topliss-reactive ketones (excluding diaryl/α,β-unsaturated/α-hetero) is 1. The van der Waals surface area contributed by atoms with Crippen LogP contribution in [0, 0.1) is 0 Å². The number of thiophene rings is 1. The highest BCUT2D eigenvalue weighted by molar-refractivity contribution is 7.16. The van der Waals surface area contributed by atoms with E-state index in [9.17, 15) is 9.59 Å². The Morgan fingerprint density at radius 3 is 2.52 bits per heavy atom. The van der Waals surface area contributed by atoms with Crippen LogP contribution >= 0.6 is 22.9 Å². The fraction of sp³-hybridized carbons (Fsp3) is 0.263. The first kappa shape index (κ1) is 19.2. The molecule has 2 aromatic rings. The van der Waals surface area contributed by atoms with Crippen LogP contribution in [-0.4, -0.2) is 29.7 Å². The third kappa shape index (κ3) is 5.73. The lowest BCUT2D eigenvalue weighted by atomic mass is 10.1. The van der Waals surface area contributed by atoms with Crippen LogP contribution in [0.15, 0.2) is 49.1 Å². The molecule has 25 heavy (non-hydrogen) atoms. The van der Waals surface area contributed by atoms with Gasteiger partial charge in [0, 0.05) is 23.4 Å². The summed E-state index contributed by atoms with van der Waals surface area (Å²) in [6.45, 7) is 6.34. The summed E-state index contributed by atoms with van der Waals surface area (Å²) in [7, 11) is 0. The van der Waals surface area contributed by atoms with E-state index in [0.717, 1.165) is 4.88 Å². The quantitative estimate of drug-likeness (QED) is 0.474. The van der Waals surface area contributed by atoms with Gasteiger partial charge in [0.1, 0.15) is 5.75 Å². The molecule has 132 valence electrons. The predicted molar refractivity (Wildman–Crippen MR) is 102 cm³/mol. The van der Waals surface area contributed by atoms with E-state index in [4.69, 9.17) is 16.3 Å². The largest absolute Gasteiger partial charge is 0.484 e. The molecule has 0 fully saturated rings. The maximum atomic E-state index is 12.4. The van der Waals surface area contributed by atoms with E-state index in [-0.39, 0.29) is 18.3 Å². The lowest BCUT2D eigenvalue weighted by Crippen LogP contribution is -2.34. The van der Waals surface area contributed by atoms with Crippen LogP contribution in [0.5, 0.6) is 5.75 Å². The minimum absolute atomic E-state index is 0.0754. The second-order valence-corrected chi connectivity index (χ2v) is 7.16. The fourth-order valence-electron chi connectivity index (χ4n) is 2.21. The van der Waals surface area contributed by atoms with Crippen molar-refractivity contribution in [3.8, 4) is 5.75 Å². The Morgan fingerprint density at radius 2 is 1.96 bits per heavy atom. The van der Waals surface area contributed by atoms with Crippen molar-refractivity contribution in [3.63, 3.8) is 0 Å². The third-order valence-corrected chi connectivity index (χ3v) is 4.75. The molecule has 0 N–H and O–H groups in total. The Labute approximate surface area is 156 Å². The molecule has 0 atom stereocenters. The number of halogens is 1. The van der Waals surface area contributed by atoms with Gasteiger partial charge in [0.05, 0.1) is 10.9 Å². The summed E-state index contributed by atoms with van der Waals surface area (Å²) >= 11 is 7.38. The Hall–Kier alpha value is -2.11. The molecule has 6 heteroatoms. The summed E-state index contributed by atoms with van der Waals surface area (Å²) in [5.41, 5.74) is 0.643. The molecule has 0 saturated heterocycles. The second kappa shape index (κ2) is 9.39. The van der Waals surface area contributed by atoms with E-state index in [0.29, 0.717) is 35.2 Å². The van der Waals surface area contributed by atoms with Crippen molar-refractivity contribution in [1.29, 1.82) is 0 Å². The normalized spacial score (nSPS) is 10.3. The first-order chi connectivity index (χ1) is 12.0. The minimum Gasteiger partial charge on any atom is -0.484 e. The summed E-state index contributed by atoms with van der Waals surface area (Å²) in [5, 5.41) is 0. The first-order valence-corrected chi connectivity index (χ1v) is 9.12. The molecule has 0 aliphatic carbocycles. The molecule has 0 unspecified atom stereocenters. The summed E-state index contributed by atoms with van der Waals surface area (Å²) in [4.78, 5) is 26.7. The van der Waals surface area contributed by atoms with Crippen molar-refractivity contribution in [2.24, 2.45) is 0 Å². The molecule has 0 aliphatic heterocycles. The van der Waals surface area contributed by atoms with Gasteiger partial charge in [0.2, 0.25) is 0 Å². The van der Waals surface area contributed by atoms with E-state index in [2.05, 4.69) is 6.58 Å². The number of carbonyl (C=O) groups excluding carboxylic acids is 2. The van der Waals surface area contributed by atoms with Gasteiger partial charge in [-0.25, -0.2) is 0 Å². The van der Waals surface area contributed by atoms with Gasteiger partial charge in [-0.3, -0.25) is 9.59 Å². The van der Waals surface area contributed by atoms with Crippen LogP contribution in [0.4, 0.5) is 0 Å². The average Bonchev–Trinajstić information content (AvgIpc) is 3.04. The number of hydrogen-bond donors (Lipinski definition) is 0. The summed E-state index contributed by atoms with van der Waals surface area (Å²) in [6.07, 6.45) is 2.14. The number of rotatable bonds is 9. The highest BCUT2D eigenvalue weighted by Gasteiger charge is 2.15. The number of benzene rings is 1. The molecule has 0 aliphatic rings. The first-order valence-electron chi connectivity index (χ1n) is 7.92. The van der Waals surface area contributed by atoms with Gasteiger partial charge >= 0.3 is 0 Å². The molecule has 4 nitrogen and oxygen atoms in total. The maximum Gasteiger partial charge on any atom is 0.261 e. The number of ketones is 1. The van der Waals surface area contributed by atoms with Gasteiger partial charge in [0.15, 0.2) is 12.4 Å². The minimum atomic E-state index is -0.141. The molecule has 0 spiro atoms. The Bertz CT molecular complexity index is 739. The lowest BCUT2D eigenvalue weighted by molar-refractivity contribution is -0.133. The number of nitrogens with zero attached hydrogens (tertiary/aromatic N) is 1. The number of hydrogen-bond acceptors (Lipinski definition) is 4. The molecular weight excluding hydrogens is 358 g/mol. The molecule has 0 saturated carbocycles. The SMILES string of the molecule is C=CCN(Cc1ccc(Cl)s1)C(=O)COc1ccc(C(=O)CC)cc1. The van der Waals surface area contributed by atoms with Crippen LogP contribution in [0.1, 0.15) is 28.6 Å². The third-order valence-electron chi connectivity index (χ3n) is 3.54. The maximum absolute atomic E-state index is 12.4. The summed E-state index contributed by atoms with van der Waals surface area (Å²) < 4.78 is 6.24. The molecule has 1 heterocycles. The van der Waals surface area contributed by atoms with Gasteiger partial charge in [-0.1, -0.05) is 24.6 Å². The van der Waals surface area contributed by atoms with Gasteiger partial charge in [-0.15, -0.1) is 17.9 Å². The average molecular weight is 378 g/mol. The Balaban J connectivity index is 1.93. The molecule has 0 radical (unpaired) electrons. The zero-order valence-corrected chi connectivity index (χ0v) is 15.6. The van der Waals surface area contributed by atoms with E-state index in [1.54, 1.807) is 35.2 Å². The summed E-state index contributed by atoms with van der Waals surface area (Å²) in [5.74, 6) is 0.492. The van der Waals surface area contributed by atoms with Crippen molar-refractivity contribution < 1.29 is 14.3 Å². The lowest BCUT2D eigenvalue weighted by Gasteiger charge is -2.20. The van der Waals surface area contributed by atoms with Crippen molar-refractivity contribution in [3.05, 3.63) is 63.8 Å². The zero-order valence-electron chi connectivity index (χ0n) is 14.0. The molecule has 1 amide bonds. The van der Waals surface area contributed by atoms with E-state index < -0.39 is 0 Å². The van der Waals surface area contributed by atoms with Crippen LogP contribution in [0.25, 0.3) is 0 Å². The Morgan fingerprint density at radius 1 is 1.24 bits per heavy atom. The molecule has 1 aromatic carbocycles. The monoisotopic (exact) mass is 377 g/mol. The van der Waals surface area contributed by atoms with Crippen molar-refractivity contribution >= 4 is 34.6 Å². The fourth-order valence-corrected chi connectivity index (χ4v) is 3.32. The predicted octanol–water partition coefficient (Wildman–Crippen LogP) is 4.59. The molecule has 0 bridgehead atoms. The molecule has 2 rings (SSSR count). The Kier molecular flexibility index (Phi) is 7.22. The van der Waals surface area contributed by atoms with Crippen molar-refractivity contribution in [2.75, 3.05) is 13.2 Å². The standard InChI is InChI=1S/C19H20ClNO3S/c1-3-11-21(12-16-9-10-18(20)25-16)19(23)13-24-15-7-5-14(6-8-15)17(22)4-2/h3,5-10H,1,4,11-13H2,2H3. The molecule has 1 aromatic heterocycles. The van der Waals surface area contributed by atoms with Crippen LogP contribution in [0.2, 0.25) is 4.34 Å². The van der Waals surface area contributed by atoms with Gasteiger partial charge < -0.3 is 9.64 Å². The van der Waals surface area contributed by atoms with Crippen LogP contribution in [0.3, 0.4) is 0 Å². The highest BCUT2D eigenvalue weighted by atomic mass is 35.5. The van der Waals surface area contributed by atoms with Gasteiger partial charge in [0.25, 0.3) is 5.91 Å². The van der Waals surface area contributed by atoms with Crippen molar-refractivity contribution in [2.45, 2.75) is 19.9 Å². The highest BCUT2D eigenvalue weighted by Crippen LogP contribution is 2.23. The second-order valence-electron chi connectivity index (χ2n) is 5.36. The van der Waals surface area contributed by atoms with Gasteiger partial charge in [-0.2, -0.15) is 0 Å². The number of amides is 1. The van der Waals surface area contributed by atoms with Crippen molar-refractivity contribution in [1.82, 2.24) is 4.90 Å².